The summed E-state index contributed by atoms with van der Waals surface area (Å²) in [6, 6.07) is 1.56. The summed E-state index contributed by atoms with van der Waals surface area (Å²) in [6.07, 6.45) is 3.58. The van der Waals surface area contributed by atoms with Crippen molar-refractivity contribution in [2.75, 3.05) is 20.2 Å². The molecule has 0 atom stereocenters. The van der Waals surface area contributed by atoms with Crippen LogP contribution in [-0.2, 0) is 9.53 Å². The SMILES string of the molecule is CCCN(CC(=O)OC)C(=O)c1ccnnc1. The number of amides is 1. The van der Waals surface area contributed by atoms with Crippen molar-refractivity contribution < 1.29 is 14.3 Å². The van der Waals surface area contributed by atoms with Crippen LogP contribution in [0.3, 0.4) is 0 Å². The lowest BCUT2D eigenvalue weighted by Crippen LogP contribution is -2.36. The molecule has 1 amide bonds. The van der Waals surface area contributed by atoms with E-state index in [1.54, 1.807) is 6.07 Å². The van der Waals surface area contributed by atoms with Crippen LogP contribution in [0.25, 0.3) is 0 Å². The van der Waals surface area contributed by atoms with Crippen LogP contribution in [0.4, 0.5) is 0 Å². The number of methoxy groups -OCH3 is 1. The zero-order chi connectivity index (χ0) is 12.7. The summed E-state index contributed by atoms with van der Waals surface area (Å²) < 4.78 is 4.55. The van der Waals surface area contributed by atoms with Crippen molar-refractivity contribution >= 4 is 11.9 Å². The van der Waals surface area contributed by atoms with E-state index < -0.39 is 5.97 Å². The Morgan fingerprint density at radius 2 is 2.18 bits per heavy atom. The number of carbonyl (C=O) groups is 2. The van der Waals surface area contributed by atoms with Crippen LogP contribution in [-0.4, -0.2) is 47.2 Å². The molecule has 0 aliphatic rings. The molecule has 6 nitrogen and oxygen atoms in total. The molecule has 0 saturated heterocycles. The molecule has 1 aromatic heterocycles. The molecular formula is C11H15N3O3. The Morgan fingerprint density at radius 3 is 2.71 bits per heavy atom. The van der Waals surface area contributed by atoms with Crippen molar-refractivity contribution in [2.24, 2.45) is 0 Å². The highest BCUT2D eigenvalue weighted by molar-refractivity contribution is 5.95. The third-order valence-corrected chi connectivity index (χ3v) is 2.16. The van der Waals surface area contributed by atoms with Gasteiger partial charge in [-0.3, -0.25) is 9.59 Å². The van der Waals surface area contributed by atoms with E-state index in [9.17, 15) is 9.59 Å². The summed E-state index contributed by atoms with van der Waals surface area (Å²) in [5.74, 6) is -0.680. The molecule has 0 aliphatic carbocycles. The van der Waals surface area contributed by atoms with Crippen LogP contribution < -0.4 is 0 Å². The molecule has 0 saturated carbocycles. The molecule has 1 rings (SSSR count). The van der Waals surface area contributed by atoms with Crippen molar-refractivity contribution in [3.63, 3.8) is 0 Å². The van der Waals surface area contributed by atoms with Gasteiger partial charge in [0.15, 0.2) is 0 Å². The highest BCUT2D eigenvalue weighted by Crippen LogP contribution is 2.03. The molecule has 92 valence electrons. The van der Waals surface area contributed by atoms with Gasteiger partial charge in [0.2, 0.25) is 0 Å². The molecule has 6 heteroatoms. The molecule has 0 radical (unpaired) electrons. The lowest BCUT2D eigenvalue weighted by atomic mass is 10.2. The van der Waals surface area contributed by atoms with Gasteiger partial charge in [-0.25, -0.2) is 0 Å². The van der Waals surface area contributed by atoms with E-state index in [2.05, 4.69) is 14.9 Å². The summed E-state index contributed by atoms with van der Waals surface area (Å²) in [5, 5.41) is 7.23. The maximum atomic E-state index is 12.0. The zero-order valence-electron chi connectivity index (χ0n) is 9.92. The summed E-state index contributed by atoms with van der Waals surface area (Å²) >= 11 is 0. The van der Waals surface area contributed by atoms with E-state index in [1.807, 2.05) is 6.92 Å². The quantitative estimate of drug-likeness (QED) is 0.697. The number of esters is 1. The first-order chi connectivity index (χ1) is 8.19. The van der Waals surface area contributed by atoms with E-state index >= 15 is 0 Å². The highest BCUT2D eigenvalue weighted by atomic mass is 16.5. The number of aromatic nitrogens is 2. The molecule has 0 aromatic carbocycles. The van der Waals surface area contributed by atoms with Crippen molar-refractivity contribution in [2.45, 2.75) is 13.3 Å². The minimum Gasteiger partial charge on any atom is -0.468 e. The Hall–Kier alpha value is -1.98. The normalized spacial score (nSPS) is 9.76. The summed E-state index contributed by atoms with van der Waals surface area (Å²) in [6.45, 7) is 2.38. The molecule has 0 unspecified atom stereocenters. The monoisotopic (exact) mass is 237 g/mol. The fourth-order valence-electron chi connectivity index (χ4n) is 1.34. The fourth-order valence-corrected chi connectivity index (χ4v) is 1.34. The molecule has 0 aliphatic heterocycles. The predicted octanol–water partition coefficient (Wildman–Crippen LogP) is 0.502. The second-order valence-electron chi connectivity index (χ2n) is 3.43. The van der Waals surface area contributed by atoms with E-state index in [0.717, 1.165) is 6.42 Å². The first-order valence-corrected chi connectivity index (χ1v) is 5.31. The van der Waals surface area contributed by atoms with Crippen molar-refractivity contribution in [3.05, 3.63) is 24.0 Å². The van der Waals surface area contributed by atoms with Gasteiger partial charge in [-0.2, -0.15) is 10.2 Å². The Labute approximate surface area is 99.6 Å². The predicted molar refractivity (Wildman–Crippen MR) is 60.2 cm³/mol. The third-order valence-electron chi connectivity index (χ3n) is 2.16. The first kappa shape index (κ1) is 13.1. The van der Waals surface area contributed by atoms with Gasteiger partial charge in [0.05, 0.1) is 25.1 Å². The zero-order valence-corrected chi connectivity index (χ0v) is 9.92. The Balaban J connectivity index is 2.77. The minimum absolute atomic E-state index is 0.0501. The number of ether oxygens (including phenoxy) is 1. The fraction of sp³-hybridized carbons (Fsp3) is 0.455. The van der Waals surface area contributed by atoms with Crippen molar-refractivity contribution in [1.82, 2.24) is 15.1 Å². The van der Waals surface area contributed by atoms with Gasteiger partial charge in [0, 0.05) is 6.54 Å². The lowest BCUT2D eigenvalue weighted by molar-refractivity contribution is -0.141. The second kappa shape index (κ2) is 6.57. The summed E-state index contributed by atoms with van der Waals surface area (Å²) in [5.41, 5.74) is 0.414. The second-order valence-corrected chi connectivity index (χ2v) is 3.43. The molecule has 0 bridgehead atoms. The minimum atomic E-state index is -0.436. The Kier molecular flexibility index (Phi) is 5.06. The molecular weight excluding hydrogens is 222 g/mol. The van der Waals surface area contributed by atoms with Crippen LogP contribution in [0.2, 0.25) is 0 Å². The van der Waals surface area contributed by atoms with Gasteiger partial charge in [0.1, 0.15) is 6.54 Å². The Morgan fingerprint density at radius 1 is 1.41 bits per heavy atom. The average molecular weight is 237 g/mol. The van der Waals surface area contributed by atoms with Crippen LogP contribution in [0.15, 0.2) is 18.5 Å². The topological polar surface area (TPSA) is 72.4 Å². The van der Waals surface area contributed by atoms with Crippen LogP contribution in [0, 0.1) is 0 Å². The molecule has 0 spiro atoms. The van der Waals surface area contributed by atoms with E-state index in [1.165, 1.54) is 24.4 Å². The van der Waals surface area contributed by atoms with Gasteiger partial charge in [-0.1, -0.05) is 6.92 Å². The number of nitrogens with zero attached hydrogens (tertiary/aromatic N) is 3. The first-order valence-electron chi connectivity index (χ1n) is 5.31. The molecule has 1 heterocycles. The molecule has 0 N–H and O–H groups in total. The van der Waals surface area contributed by atoms with Gasteiger partial charge in [-0.15, -0.1) is 0 Å². The van der Waals surface area contributed by atoms with Crippen LogP contribution in [0.1, 0.15) is 23.7 Å². The Bertz CT molecular complexity index is 381. The van der Waals surface area contributed by atoms with E-state index in [4.69, 9.17) is 0 Å². The van der Waals surface area contributed by atoms with Crippen LogP contribution >= 0.6 is 0 Å². The smallest absolute Gasteiger partial charge is 0.325 e. The highest BCUT2D eigenvalue weighted by Gasteiger charge is 2.18. The summed E-state index contributed by atoms with van der Waals surface area (Å²) in [4.78, 5) is 24.7. The average Bonchev–Trinajstić information content (AvgIpc) is 2.38. The van der Waals surface area contributed by atoms with Crippen LogP contribution in [0.5, 0.6) is 0 Å². The van der Waals surface area contributed by atoms with Crippen molar-refractivity contribution in [3.8, 4) is 0 Å². The van der Waals surface area contributed by atoms with E-state index in [0.29, 0.717) is 12.1 Å². The number of hydrogen-bond acceptors (Lipinski definition) is 5. The maximum absolute atomic E-state index is 12.0. The number of rotatable bonds is 5. The maximum Gasteiger partial charge on any atom is 0.325 e. The molecule has 17 heavy (non-hydrogen) atoms. The standard InChI is InChI=1S/C11H15N3O3/c1-3-6-14(8-10(15)17-2)11(16)9-4-5-12-13-7-9/h4-5,7H,3,6,8H2,1-2H3. The third kappa shape index (κ3) is 3.82. The van der Waals surface area contributed by atoms with Gasteiger partial charge < -0.3 is 9.64 Å². The molecule has 0 fully saturated rings. The largest absolute Gasteiger partial charge is 0.468 e. The number of hydrogen-bond donors (Lipinski definition) is 0. The van der Waals surface area contributed by atoms with E-state index in [-0.39, 0.29) is 12.5 Å². The van der Waals surface area contributed by atoms with Gasteiger partial charge in [-0.05, 0) is 12.5 Å². The number of carbonyl (C=O) groups excluding carboxylic acids is 2. The lowest BCUT2D eigenvalue weighted by Gasteiger charge is -2.20. The summed E-state index contributed by atoms with van der Waals surface area (Å²) in [7, 11) is 1.30. The van der Waals surface area contributed by atoms with Gasteiger partial charge >= 0.3 is 5.97 Å². The molecule has 1 aromatic rings. The van der Waals surface area contributed by atoms with Crippen molar-refractivity contribution in [1.29, 1.82) is 0 Å². The van der Waals surface area contributed by atoms with Gasteiger partial charge in [0.25, 0.3) is 5.91 Å².